The van der Waals surface area contributed by atoms with Crippen LogP contribution >= 0.6 is 0 Å². The Hall–Kier alpha value is -3.55. The highest BCUT2D eigenvalue weighted by atomic mass is 16.6. The molecule has 1 aliphatic carbocycles. The fourth-order valence-electron chi connectivity index (χ4n) is 3.46. The maximum absolute atomic E-state index is 12.4. The van der Waals surface area contributed by atoms with Gasteiger partial charge in [0.1, 0.15) is 12.2 Å². The number of benzene rings is 2. The highest BCUT2D eigenvalue weighted by Crippen LogP contribution is 2.44. The third kappa shape index (κ3) is 5.33. The molecule has 164 valence electrons. The lowest BCUT2D eigenvalue weighted by Crippen LogP contribution is -2.54. The number of amides is 2. The average molecular weight is 426 g/mol. The first kappa shape index (κ1) is 22.1. The molecular weight excluding hydrogens is 400 g/mol. The van der Waals surface area contributed by atoms with E-state index in [4.69, 9.17) is 9.47 Å². The van der Waals surface area contributed by atoms with Crippen LogP contribution in [-0.2, 0) is 19.0 Å². The van der Waals surface area contributed by atoms with Crippen LogP contribution in [0.1, 0.15) is 37.8 Å². The van der Waals surface area contributed by atoms with Gasteiger partial charge in [0.2, 0.25) is 6.17 Å². The molecule has 0 saturated carbocycles. The van der Waals surface area contributed by atoms with E-state index in [1.54, 1.807) is 20.8 Å². The predicted octanol–water partition coefficient (Wildman–Crippen LogP) is 3.55. The number of fused-ring (bicyclic) bond motifs is 3. The maximum atomic E-state index is 12.4. The van der Waals surface area contributed by atoms with E-state index in [-0.39, 0.29) is 12.5 Å². The molecule has 8 nitrogen and oxygen atoms in total. The second kappa shape index (κ2) is 9.07. The standard InChI is InChI=1S/C23H26N2O6/c1-23(2,3)31-22(28)25-19(20(26)29-4)24-21(27)30-13-18-16-11-7-5-9-14(16)15-10-6-8-12-17(15)18/h5-12,18-19H,13H2,1-4H3,(H,24,27)(H,25,28)/t19-/m1/s1. The largest absolute Gasteiger partial charge is 0.466 e. The quantitative estimate of drug-likeness (QED) is 0.431. The third-order valence-corrected chi connectivity index (χ3v) is 4.70. The Morgan fingerprint density at radius 1 is 0.903 bits per heavy atom. The lowest BCUT2D eigenvalue weighted by Gasteiger charge is -2.23. The fraction of sp³-hybridized carbons (Fsp3) is 0.348. The monoisotopic (exact) mass is 426 g/mol. The highest BCUT2D eigenvalue weighted by Gasteiger charge is 2.31. The Kier molecular flexibility index (Phi) is 6.48. The Bertz CT molecular complexity index is 937. The van der Waals surface area contributed by atoms with Crippen molar-refractivity contribution >= 4 is 18.2 Å². The van der Waals surface area contributed by atoms with Crippen LogP contribution in [0, 0.1) is 0 Å². The molecule has 2 amide bonds. The molecule has 3 rings (SSSR count). The first-order valence-corrected chi connectivity index (χ1v) is 9.88. The molecule has 2 aromatic carbocycles. The van der Waals surface area contributed by atoms with Gasteiger partial charge < -0.3 is 14.2 Å². The summed E-state index contributed by atoms with van der Waals surface area (Å²) in [6.07, 6.45) is -3.19. The zero-order valence-electron chi connectivity index (χ0n) is 17.9. The average Bonchev–Trinajstić information content (AvgIpc) is 3.03. The minimum absolute atomic E-state index is 0.0696. The van der Waals surface area contributed by atoms with Crippen LogP contribution in [0.5, 0.6) is 0 Å². The zero-order valence-corrected chi connectivity index (χ0v) is 17.9. The Balaban J connectivity index is 1.65. The van der Waals surface area contributed by atoms with Gasteiger partial charge in [-0.1, -0.05) is 48.5 Å². The number of carbonyl (C=O) groups is 3. The van der Waals surface area contributed by atoms with Gasteiger partial charge in [0, 0.05) is 5.92 Å². The van der Waals surface area contributed by atoms with Crippen LogP contribution in [0.15, 0.2) is 48.5 Å². The molecule has 0 radical (unpaired) electrons. The van der Waals surface area contributed by atoms with Gasteiger partial charge in [-0.15, -0.1) is 0 Å². The normalized spacial score (nSPS) is 13.4. The van der Waals surface area contributed by atoms with Gasteiger partial charge in [0.15, 0.2) is 0 Å². The third-order valence-electron chi connectivity index (χ3n) is 4.70. The molecule has 0 spiro atoms. The molecule has 2 aromatic rings. The van der Waals surface area contributed by atoms with Crippen LogP contribution in [0.4, 0.5) is 9.59 Å². The number of carbonyl (C=O) groups excluding carboxylic acids is 3. The van der Waals surface area contributed by atoms with Crippen molar-refractivity contribution < 1.29 is 28.6 Å². The molecule has 1 aliphatic rings. The van der Waals surface area contributed by atoms with E-state index in [2.05, 4.69) is 15.4 Å². The van der Waals surface area contributed by atoms with Gasteiger partial charge in [-0.3, -0.25) is 10.6 Å². The molecular formula is C23H26N2O6. The summed E-state index contributed by atoms with van der Waals surface area (Å²) in [6, 6.07) is 15.9. The summed E-state index contributed by atoms with van der Waals surface area (Å²) in [5.74, 6) is -0.993. The van der Waals surface area contributed by atoms with Gasteiger partial charge in [-0.05, 0) is 43.0 Å². The number of methoxy groups -OCH3 is 1. The van der Waals surface area contributed by atoms with Crippen molar-refractivity contribution in [3.63, 3.8) is 0 Å². The minimum Gasteiger partial charge on any atom is -0.466 e. The molecule has 1 atom stereocenters. The van der Waals surface area contributed by atoms with E-state index in [0.29, 0.717) is 0 Å². The summed E-state index contributed by atoms with van der Waals surface area (Å²) in [7, 11) is 1.14. The van der Waals surface area contributed by atoms with E-state index >= 15 is 0 Å². The van der Waals surface area contributed by atoms with Crippen LogP contribution in [0.3, 0.4) is 0 Å². The van der Waals surface area contributed by atoms with Crippen molar-refractivity contribution in [1.29, 1.82) is 0 Å². The predicted molar refractivity (Wildman–Crippen MR) is 113 cm³/mol. The van der Waals surface area contributed by atoms with E-state index < -0.39 is 29.9 Å². The molecule has 0 heterocycles. The van der Waals surface area contributed by atoms with Crippen LogP contribution in [-0.4, -0.2) is 43.6 Å². The Morgan fingerprint density at radius 2 is 1.42 bits per heavy atom. The number of ether oxygens (including phenoxy) is 3. The second-order valence-corrected chi connectivity index (χ2v) is 8.07. The summed E-state index contributed by atoms with van der Waals surface area (Å²) in [5.41, 5.74) is 3.56. The molecule has 2 N–H and O–H groups in total. The highest BCUT2D eigenvalue weighted by molar-refractivity contribution is 5.85. The molecule has 31 heavy (non-hydrogen) atoms. The first-order chi connectivity index (χ1) is 14.7. The topological polar surface area (TPSA) is 103 Å². The SMILES string of the molecule is COC(=O)[C@H](NC(=O)OCC1c2ccccc2-c2ccccc21)NC(=O)OC(C)(C)C. The van der Waals surface area contributed by atoms with E-state index in [0.717, 1.165) is 29.4 Å². The van der Waals surface area contributed by atoms with E-state index in [1.165, 1.54) is 0 Å². The molecule has 8 heteroatoms. The van der Waals surface area contributed by atoms with E-state index in [9.17, 15) is 14.4 Å². The Morgan fingerprint density at radius 3 is 1.94 bits per heavy atom. The summed E-state index contributed by atoms with van der Waals surface area (Å²) in [6.45, 7) is 5.11. The van der Waals surface area contributed by atoms with Gasteiger partial charge in [0.25, 0.3) is 0 Å². The van der Waals surface area contributed by atoms with Crippen molar-refractivity contribution in [2.45, 2.75) is 38.5 Å². The summed E-state index contributed by atoms with van der Waals surface area (Å²) < 4.78 is 15.1. The van der Waals surface area contributed by atoms with Crippen LogP contribution in [0.25, 0.3) is 11.1 Å². The number of hydrogen-bond acceptors (Lipinski definition) is 6. The molecule has 0 aliphatic heterocycles. The van der Waals surface area contributed by atoms with Crippen molar-refractivity contribution in [1.82, 2.24) is 10.6 Å². The van der Waals surface area contributed by atoms with E-state index in [1.807, 2.05) is 48.5 Å². The van der Waals surface area contributed by atoms with Gasteiger partial charge in [-0.2, -0.15) is 0 Å². The molecule has 0 unspecified atom stereocenters. The number of nitrogens with one attached hydrogen (secondary N) is 2. The summed E-state index contributed by atoms with van der Waals surface area (Å²) >= 11 is 0. The summed E-state index contributed by atoms with van der Waals surface area (Å²) in [4.78, 5) is 36.3. The van der Waals surface area contributed by atoms with Crippen molar-refractivity contribution in [2.24, 2.45) is 0 Å². The van der Waals surface area contributed by atoms with Crippen molar-refractivity contribution in [3.8, 4) is 11.1 Å². The minimum atomic E-state index is -1.45. The number of esters is 1. The second-order valence-electron chi connectivity index (χ2n) is 8.07. The lowest BCUT2D eigenvalue weighted by molar-refractivity contribution is -0.143. The zero-order chi connectivity index (χ0) is 22.6. The summed E-state index contributed by atoms with van der Waals surface area (Å²) in [5, 5.41) is 4.58. The van der Waals surface area contributed by atoms with Gasteiger partial charge >= 0.3 is 18.2 Å². The van der Waals surface area contributed by atoms with Crippen LogP contribution in [0.2, 0.25) is 0 Å². The van der Waals surface area contributed by atoms with Gasteiger partial charge in [-0.25, -0.2) is 14.4 Å². The number of rotatable bonds is 5. The van der Waals surface area contributed by atoms with Crippen LogP contribution < -0.4 is 10.6 Å². The first-order valence-electron chi connectivity index (χ1n) is 9.88. The van der Waals surface area contributed by atoms with Crippen molar-refractivity contribution in [2.75, 3.05) is 13.7 Å². The smallest absolute Gasteiger partial charge is 0.409 e. The van der Waals surface area contributed by atoms with Gasteiger partial charge in [0.05, 0.1) is 7.11 Å². The number of alkyl carbamates (subject to hydrolysis) is 2. The lowest BCUT2D eigenvalue weighted by atomic mass is 9.98. The van der Waals surface area contributed by atoms with Crippen molar-refractivity contribution in [3.05, 3.63) is 59.7 Å². The fourth-order valence-corrected chi connectivity index (χ4v) is 3.46. The Labute approximate surface area is 180 Å². The molecule has 0 bridgehead atoms. The molecule has 0 saturated heterocycles. The maximum Gasteiger partial charge on any atom is 0.409 e. The molecule has 0 fully saturated rings. The number of hydrogen-bond donors (Lipinski definition) is 2. The molecule has 0 aromatic heterocycles.